The van der Waals surface area contributed by atoms with Crippen LogP contribution in [-0.2, 0) is 20.5 Å². The van der Waals surface area contributed by atoms with Crippen molar-refractivity contribution in [1.82, 2.24) is 0 Å². The Morgan fingerprint density at radius 2 is 1.81 bits per heavy atom. The minimum absolute atomic E-state index is 0.0668. The molecule has 1 aliphatic heterocycles. The lowest BCUT2D eigenvalue weighted by Crippen LogP contribution is -2.32. The molecule has 0 radical (unpaired) electrons. The molecule has 2 amide bonds. The normalized spacial score (nSPS) is 14.3. The lowest BCUT2D eigenvalue weighted by Gasteiger charge is -2.16. The number of imide groups is 1. The molecule has 10 heteroatoms. The van der Waals surface area contributed by atoms with Crippen molar-refractivity contribution in [3.63, 3.8) is 0 Å². The molecule has 0 spiro atoms. The van der Waals surface area contributed by atoms with Gasteiger partial charge < -0.3 is 10.1 Å². The number of carbonyl (C=O) groups excluding carboxylic acids is 3. The van der Waals surface area contributed by atoms with Crippen molar-refractivity contribution in [2.45, 2.75) is 19.5 Å². The van der Waals surface area contributed by atoms with Crippen molar-refractivity contribution in [2.75, 3.05) is 16.8 Å². The van der Waals surface area contributed by atoms with Gasteiger partial charge in [0.1, 0.15) is 10.7 Å². The van der Waals surface area contributed by atoms with Gasteiger partial charge in [-0.3, -0.25) is 9.59 Å². The number of nitrogens with zero attached hydrogens (tertiary/aromatic N) is 1. The van der Waals surface area contributed by atoms with E-state index >= 15 is 0 Å². The monoisotopic (exact) mass is 452 g/mol. The minimum Gasteiger partial charge on any atom is -0.462 e. The van der Waals surface area contributed by atoms with E-state index in [-0.39, 0.29) is 29.2 Å². The molecule has 0 unspecified atom stereocenters. The number of hydrogen-bond acceptors (Lipinski definition) is 5. The molecule has 1 heterocycles. The molecule has 6 nitrogen and oxygen atoms in total. The maximum absolute atomic E-state index is 12.9. The molecule has 0 aliphatic carbocycles. The van der Waals surface area contributed by atoms with Crippen LogP contribution in [0.2, 0.25) is 0 Å². The third kappa shape index (κ3) is 4.72. The number of hydrogen-bond donors (Lipinski definition) is 1. The van der Waals surface area contributed by atoms with Gasteiger partial charge in [0, 0.05) is 5.69 Å². The molecule has 31 heavy (non-hydrogen) atoms. The topological polar surface area (TPSA) is 75.7 Å². The van der Waals surface area contributed by atoms with E-state index in [0.717, 1.165) is 23.1 Å². The van der Waals surface area contributed by atoms with Crippen LogP contribution in [0.15, 0.2) is 59.3 Å². The zero-order valence-electron chi connectivity index (χ0n) is 16.1. The molecule has 0 saturated carbocycles. The number of nitrogens with one attached hydrogen (secondary N) is 1. The molecule has 0 aromatic heterocycles. The van der Waals surface area contributed by atoms with Crippen LogP contribution in [0.25, 0.3) is 0 Å². The average Bonchev–Trinajstić information content (AvgIpc) is 2.95. The van der Waals surface area contributed by atoms with Crippen LogP contribution in [0.3, 0.4) is 0 Å². The molecule has 162 valence electrons. The van der Waals surface area contributed by atoms with Gasteiger partial charge in [-0.25, -0.2) is 9.69 Å². The van der Waals surface area contributed by atoms with E-state index in [9.17, 15) is 27.6 Å². The third-order valence-corrected chi connectivity index (χ3v) is 4.61. The maximum Gasteiger partial charge on any atom is 0.416 e. The highest BCUT2D eigenvalue weighted by Gasteiger charge is 2.39. The second-order valence-corrected chi connectivity index (χ2v) is 6.90. The second kappa shape index (κ2) is 8.81. The van der Waals surface area contributed by atoms with Crippen LogP contribution in [0.4, 0.5) is 24.5 Å². The van der Waals surface area contributed by atoms with E-state index < -0.39 is 34.6 Å². The van der Waals surface area contributed by atoms with Crippen LogP contribution in [0, 0.1) is 0 Å². The number of carbonyl (C=O) groups is 3. The van der Waals surface area contributed by atoms with Crippen LogP contribution in [0.5, 0.6) is 0 Å². The van der Waals surface area contributed by atoms with Gasteiger partial charge in [0.2, 0.25) is 0 Å². The van der Waals surface area contributed by atoms with E-state index in [4.69, 9.17) is 16.3 Å². The number of esters is 1. The van der Waals surface area contributed by atoms with Crippen LogP contribution in [0.1, 0.15) is 29.3 Å². The van der Waals surface area contributed by atoms with E-state index in [0.29, 0.717) is 6.42 Å². The summed E-state index contributed by atoms with van der Waals surface area (Å²) in [5.41, 5.74) is -1.17. The first-order valence-electron chi connectivity index (χ1n) is 9.13. The highest BCUT2D eigenvalue weighted by Crippen LogP contribution is 2.33. The summed E-state index contributed by atoms with van der Waals surface area (Å²) in [6.45, 7) is 2.04. The Kier molecular flexibility index (Phi) is 6.35. The first-order valence-corrected chi connectivity index (χ1v) is 9.51. The fraction of sp³-hybridized carbons (Fsp3) is 0.190. The van der Waals surface area contributed by atoms with E-state index in [1.54, 1.807) is 0 Å². The quantitative estimate of drug-likeness (QED) is 0.507. The van der Waals surface area contributed by atoms with Gasteiger partial charge in [0.25, 0.3) is 11.8 Å². The van der Waals surface area contributed by atoms with Crippen molar-refractivity contribution in [3.8, 4) is 0 Å². The number of anilines is 2. The molecule has 3 rings (SSSR count). The number of amides is 2. The Labute approximate surface area is 180 Å². The maximum atomic E-state index is 12.9. The van der Waals surface area contributed by atoms with E-state index in [2.05, 4.69) is 5.32 Å². The zero-order chi connectivity index (χ0) is 22.8. The number of halogens is 4. The Morgan fingerprint density at radius 1 is 1.10 bits per heavy atom. The van der Waals surface area contributed by atoms with Gasteiger partial charge >= 0.3 is 12.1 Å². The van der Waals surface area contributed by atoms with Crippen LogP contribution >= 0.6 is 11.6 Å². The number of ether oxygens (including phenoxy) is 1. The molecule has 2 aromatic rings. The summed E-state index contributed by atoms with van der Waals surface area (Å²) in [7, 11) is 0. The summed E-state index contributed by atoms with van der Waals surface area (Å²) >= 11 is 6.01. The summed E-state index contributed by atoms with van der Waals surface area (Å²) < 4.78 is 43.8. The fourth-order valence-electron chi connectivity index (χ4n) is 2.81. The SMILES string of the molecule is CCCOC(=O)c1cccc(N2C(=O)C(Cl)=C(Nc3cccc(C(F)(F)F)c3)C2=O)c1. The van der Waals surface area contributed by atoms with Crippen LogP contribution < -0.4 is 10.2 Å². The van der Waals surface area contributed by atoms with Gasteiger partial charge in [0.05, 0.1) is 23.4 Å². The second-order valence-electron chi connectivity index (χ2n) is 6.52. The van der Waals surface area contributed by atoms with Gasteiger partial charge in [0.15, 0.2) is 0 Å². The number of rotatable bonds is 6. The molecule has 0 fully saturated rings. The Bertz CT molecular complexity index is 1080. The molecule has 0 saturated heterocycles. The highest BCUT2D eigenvalue weighted by atomic mass is 35.5. The predicted octanol–water partition coefficient (Wildman–Crippen LogP) is 4.71. The number of benzene rings is 2. The lowest BCUT2D eigenvalue weighted by atomic mass is 10.2. The first-order chi connectivity index (χ1) is 14.6. The smallest absolute Gasteiger partial charge is 0.416 e. The Hall–Kier alpha value is -3.33. The molecule has 1 N–H and O–H groups in total. The summed E-state index contributed by atoms with van der Waals surface area (Å²) in [5.74, 6) is -2.36. The summed E-state index contributed by atoms with van der Waals surface area (Å²) in [6, 6.07) is 9.77. The summed E-state index contributed by atoms with van der Waals surface area (Å²) in [6.07, 6.45) is -3.96. The summed E-state index contributed by atoms with van der Waals surface area (Å²) in [4.78, 5) is 38.2. The van der Waals surface area contributed by atoms with Gasteiger partial charge in [-0.15, -0.1) is 0 Å². The zero-order valence-corrected chi connectivity index (χ0v) is 16.9. The van der Waals surface area contributed by atoms with Crippen molar-refractivity contribution >= 4 is 40.8 Å². The van der Waals surface area contributed by atoms with E-state index in [1.807, 2.05) is 6.92 Å². The van der Waals surface area contributed by atoms with E-state index in [1.165, 1.54) is 30.3 Å². The largest absolute Gasteiger partial charge is 0.462 e. The minimum atomic E-state index is -4.58. The Balaban J connectivity index is 1.86. The van der Waals surface area contributed by atoms with Crippen molar-refractivity contribution < 1.29 is 32.3 Å². The molecular weight excluding hydrogens is 437 g/mol. The van der Waals surface area contributed by atoms with Crippen molar-refractivity contribution in [1.29, 1.82) is 0 Å². The van der Waals surface area contributed by atoms with Gasteiger partial charge in [-0.05, 0) is 42.8 Å². The fourth-order valence-corrected chi connectivity index (χ4v) is 3.03. The van der Waals surface area contributed by atoms with Crippen molar-refractivity contribution in [2.24, 2.45) is 0 Å². The first kappa shape index (κ1) is 22.4. The number of alkyl halides is 3. The molecule has 2 aromatic carbocycles. The standard InChI is InChI=1S/C21H16ClF3N2O4/c1-2-9-31-20(30)12-5-3-8-15(10-12)27-18(28)16(22)17(19(27)29)26-14-7-4-6-13(11-14)21(23,24)25/h3-8,10-11,26H,2,9H2,1H3. The molecule has 0 bridgehead atoms. The average molecular weight is 453 g/mol. The van der Waals surface area contributed by atoms with Crippen LogP contribution in [-0.4, -0.2) is 24.4 Å². The highest BCUT2D eigenvalue weighted by molar-refractivity contribution is 6.53. The summed E-state index contributed by atoms with van der Waals surface area (Å²) in [5, 5.41) is 2.01. The lowest BCUT2D eigenvalue weighted by molar-refractivity contribution is -0.137. The van der Waals surface area contributed by atoms with Gasteiger partial charge in [-0.2, -0.15) is 13.2 Å². The molecule has 1 aliphatic rings. The molecular formula is C21H16ClF3N2O4. The van der Waals surface area contributed by atoms with Gasteiger partial charge in [-0.1, -0.05) is 30.7 Å². The molecule has 0 atom stereocenters. The third-order valence-electron chi connectivity index (χ3n) is 4.26. The predicted molar refractivity (Wildman–Crippen MR) is 107 cm³/mol. The van der Waals surface area contributed by atoms with Crippen molar-refractivity contribution in [3.05, 3.63) is 70.4 Å². The Morgan fingerprint density at radius 3 is 2.48 bits per heavy atom.